The Morgan fingerprint density at radius 1 is 1.22 bits per heavy atom. The van der Waals surface area contributed by atoms with Gasteiger partial charge in [-0.3, -0.25) is 9.69 Å². The number of hydrogen-bond acceptors (Lipinski definition) is 4. The Hall–Kier alpha value is -1.76. The molecule has 118 valence electrons. The van der Waals surface area contributed by atoms with Gasteiger partial charge < -0.3 is 5.32 Å². The predicted molar refractivity (Wildman–Crippen MR) is 98.7 cm³/mol. The molecule has 0 fully saturated rings. The van der Waals surface area contributed by atoms with Gasteiger partial charge in [-0.15, -0.1) is 11.3 Å². The number of rotatable bonds is 5. The SMILES string of the molecule is CN(CC(=O)Nc1ccccc1Br)Cc1nc2ccccc2s1. The molecule has 1 heterocycles. The van der Waals surface area contributed by atoms with Crippen LogP contribution in [0.15, 0.2) is 53.0 Å². The molecule has 0 spiro atoms. The molecule has 1 amide bonds. The lowest BCUT2D eigenvalue weighted by atomic mass is 10.3. The summed E-state index contributed by atoms with van der Waals surface area (Å²) >= 11 is 5.09. The van der Waals surface area contributed by atoms with Crippen molar-refractivity contribution >= 4 is 49.1 Å². The van der Waals surface area contributed by atoms with Crippen LogP contribution in [0.25, 0.3) is 10.2 Å². The van der Waals surface area contributed by atoms with Crippen molar-refractivity contribution in [2.45, 2.75) is 6.54 Å². The summed E-state index contributed by atoms with van der Waals surface area (Å²) in [4.78, 5) is 18.7. The molecule has 0 aliphatic carbocycles. The highest BCUT2D eigenvalue weighted by Crippen LogP contribution is 2.23. The van der Waals surface area contributed by atoms with Gasteiger partial charge in [-0.2, -0.15) is 0 Å². The first-order chi connectivity index (χ1) is 11.1. The van der Waals surface area contributed by atoms with Crippen molar-refractivity contribution in [2.24, 2.45) is 0 Å². The number of amides is 1. The molecule has 0 aliphatic rings. The quantitative estimate of drug-likeness (QED) is 0.713. The van der Waals surface area contributed by atoms with Crippen LogP contribution in [0.2, 0.25) is 0 Å². The number of benzene rings is 2. The molecule has 0 saturated heterocycles. The Morgan fingerprint density at radius 2 is 1.96 bits per heavy atom. The average molecular weight is 390 g/mol. The van der Waals surface area contributed by atoms with E-state index in [4.69, 9.17) is 0 Å². The van der Waals surface area contributed by atoms with Crippen molar-refractivity contribution in [3.63, 3.8) is 0 Å². The van der Waals surface area contributed by atoms with Crippen LogP contribution in [0.5, 0.6) is 0 Å². The topological polar surface area (TPSA) is 45.2 Å². The Morgan fingerprint density at radius 3 is 2.74 bits per heavy atom. The second-order valence-electron chi connectivity index (χ2n) is 5.28. The van der Waals surface area contributed by atoms with Crippen LogP contribution in [-0.4, -0.2) is 29.4 Å². The zero-order chi connectivity index (χ0) is 16.2. The highest BCUT2D eigenvalue weighted by atomic mass is 79.9. The molecule has 23 heavy (non-hydrogen) atoms. The van der Waals surface area contributed by atoms with E-state index >= 15 is 0 Å². The molecule has 3 rings (SSSR count). The summed E-state index contributed by atoms with van der Waals surface area (Å²) in [5.41, 5.74) is 1.80. The molecule has 0 atom stereocenters. The maximum absolute atomic E-state index is 12.1. The van der Waals surface area contributed by atoms with Crippen LogP contribution in [0, 0.1) is 0 Å². The van der Waals surface area contributed by atoms with E-state index in [-0.39, 0.29) is 5.91 Å². The van der Waals surface area contributed by atoms with E-state index in [1.807, 2.05) is 54.4 Å². The number of nitrogens with zero attached hydrogens (tertiary/aromatic N) is 2. The van der Waals surface area contributed by atoms with Crippen molar-refractivity contribution in [3.8, 4) is 0 Å². The fourth-order valence-electron chi connectivity index (χ4n) is 2.27. The number of nitrogens with one attached hydrogen (secondary N) is 1. The van der Waals surface area contributed by atoms with Crippen molar-refractivity contribution in [3.05, 3.63) is 58.0 Å². The third kappa shape index (κ3) is 4.16. The molecular weight excluding hydrogens is 374 g/mol. The summed E-state index contributed by atoms with van der Waals surface area (Å²) in [6.07, 6.45) is 0. The summed E-state index contributed by atoms with van der Waals surface area (Å²) in [5, 5.41) is 3.93. The Kier molecular flexibility index (Phi) is 5.05. The maximum atomic E-state index is 12.1. The fourth-order valence-corrected chi connectivity index (χ4v) is 3.70. The molecule has 0 aliphatic heterocycles. The van der Waals surface area contributed by atoms with Gasteiger partial charge >= 0.3 is 0 Å². The highest BCUT2D eigenvalue weighted by molar-refractivity contribution is 9.10. The minimum absolute atomic E-state index is 0.0412. The zero-order valence-corrected chi connectivity index (χ0v) is 15.0. The molecule has 4 nitrogen and oxygen atoms in total. The van der Waals surface area contributed by atoms with Gasteiger partial charge in [0.25, 0.3) is 0 Å². The highest BCUT2D eigenvalue weighted by Gasteiger charge is 2.11. The van der Waals surface area contributed by atoms with Crippen molar-refractivity contribution in [2.75, 3.05) is 18.9 Å². The summed E-state index contributed by atoms with van der Waals surface area (Å²) < 4.78 is 2.05. The molecule has 1 aromatic heterocycles. The second-order valence-corrected chi connectivity index (χ2v) is 7.25. The summed E-state index contributed by atoms with van der Waals surface area (Å²) in [7, 11) is 1.92. The minimum atomic E-state index is -0.0412. The van der Waals surface area contributed by atoms with Crippen LogP contribution in [0.4, 0.5) is 5.69 Å². The van der Waals surface area contributed by atoms with Crippen LogP contribution < -0.4 is 5.32 Å². The second kappa shape index (κ2) is 7.21. The summed E-state index contributed by atoms with van der Waals surface area (Å²) in [5.74, 6) is -0.0412. The molecule has 0 saturated carbocycles. The van der Waals surface area contributed by atoms with Gasteiger partial charge in [-0.05, 0) is 47.2 Å². The normalized spacial score (nSPS) is 11.1. The molecule has 2 aromatic carbocycles. The van der Waals surface area contributed by atoms with Crippen LogP contribution >= 0.6 is 27.3 Å². The van der Waals surface area contributed by atoms with E-state index in [9.17, 15) is 4.79 Å². The van der Waals surface area contributed by atoms with E-state index in [1.165, 1.54) is 4.70 Å². The lowest BCUT2D eigenvalue weighted by Crippen LogP contribution is -2.29. The molecule has 0 radical (unpaired) electrons. The predicted octanol–water partition coefficient (Wildman–Crippen LogP) is 4.13. The van der Waals surface area contributed by atoms with Crippen molar-refractivity contribution < 1.29 is 4.79 Å². The van der Waals surface area contributed by atoms with Gasteiger partial charge in [0.1, 0.15) is 5.01 Å². The van der Waals surface area contributed by atoms with Gasteiger partial charge in [0.15, 0.2) is 0 Å². The largest absolute Gasteiger partial charge is 0.324 e. The summed E-state index contributed by atoms with van der Waals surface area (Å²) in [6.45, 7) is 0.972. The van der Waals surface area contributed by atoms with Crippen molar-refractivity contribution in [1.82, 2.24) is 9.88 Å². The van der Waals surface area contributed by atoms with Gasteiger partial charge in [0.2, 0.25) is 5.91 Å². The van der Waals surface area contributed by atoms with E-state index < -0.39 is 0 Å². The molecule has 0 bridgehead atoms. The Bertz CT molecular complexity index is 800. The molecule has 3 aromatic rings. The minimum Gasteiger partial charge on any atom is -0.324 e. The number of carbonyl (C=O) groups excluding carboxylic acids is 1. The average Bonchev–Trinajstić information content (AvgIpc) is 2.91. The van der Waals surface area contributed by atoms with E-state index in [2.05, 4.69) is 32.3 Å². The Labute approximate surface area is 147 Å². The molecular formula is C17H16BrN3OS. The number of fused-ring (bicyclic) bond motifs is 1. The number of thiazole rings is 1. The van der Waals surface area contributed by atoms with E-state index in [0.29, 0.717) is 13.1 Å². The first kappa shape index (κ1) is 16.1. The first-order valence-corrected chi connectivity index (χ1v) is 8.80. The fraction of sp³-hybridized carbons (Fsp3) is 0.176. The number of para-hydroxylation sites is 2. The number of anilines is 1. The Balaban J connectivity index is 1.59. The standard InChI is InChI=1S/C17H16BrN3OS/c1-21(10-16(22)19-13-7-3-2-6-12(13)18)11-17-20-14-8-4-5-9-15(14)23-17/h2-9H,10-11H2,1H3,(H,19,22). The van der Waals surface area contributed by atoms with Gasteiger partial charge in [0, 0.05) is 4.47 Å². The number of aromatic nitrogens is 1. The summed E-state index contributed by atoms with van der Waals surface area (Å²) in [6, 6.07) is 15.7. The monoisotopic (exact) mass is 389 g/mol. The van der Waals surface area contributed by atoms with Gasteiger partial charge in [0.05, 0.1) is 29.0 Å². The third-order valence-corrected chi connectivity index (χ3v) is 5.02. The first-order valence-electron chi connectivity index (χ1n) is 7.19. The smallest absolute Gasteiger partial charge is 0.238 e. The lowest BCUT2D eigenvalue weighted by Gasteiger charge is -2.15. The van der Waals surface area contributed by atoms with Crippen molar-refractivity contribution in [1.29, 1.82) is 0 Å². The number of halogens is 1. The lowest BCUT2D eigenvalue weighted by molar-refractivity contribution is -0.117. The van der Waals surface area contributed by atoms with Gasteiger partial charge in [-0.1, -0.05) is 24.3 Å². The van der Waals surface area contributed by atoms with Crippen LogP contribution in [0.3, 0.4) is 0 Å². The van der Waals surface area contributed by atoms with Gasteiger partial charge in [-0.25, -0.2) is 4.98 Å². The zero-order valence-electron chi connectivity index (χ0n) is 12.6. The van der Waals surface area contributed by atoms with Crippen LogP contribution in [-0.2, 0) is 11.3 Å². The molecule has 6 heteroatoms. The maximum Gasteiger partial charge on any atom is 0.238 e. The molecule has 1 N–H and O–H groups in total. The number of hydrogen-bond donors (Lipinski definition) is 1. The number of likely N-dealkylation sites (N-methyl/N-ethyl adjacent to an activating group) is 1. The van der Waals surface area contributed by atoms with E-state index in [1.54, 1.807) is 11.3 Å². The van der Waals surface area contributed by atoms with E-state index in [0.717, 1.165) is 20.7 Å². The molecule has 0 unspecified atom stereocenters. The number of carbonyl (C=O) groups is 1. The third-order valence-electron chi connectivity index (χ3n) is 3.30. The van der Waals surface area contributed by atoms with Crippen LogP contribution in [0.1, 0.15) is 5.01 Å².